The molecule has 7 heteroatoms. The Hall–Kier alpha value is -0.520. The van der Waals surface area contributed by atoms with Crippen LogP contribution in [0.2, 0.25) is 0 Å². The number of alkyl halides is 3. The normalized spacial score (nSPS) is 24.8. The molecule has 3 atom stereocenters. The Morgan fingerprint density at radius 1 is 1.23 bits per heavy atom. The molecule has 122 valence electrons. The van der Waals surface area contributed by atoms with Gasteiger partial charge in [-0.2, -0.15) is 0 Å². The van der Waals surface area contributed by atoms with Crippen LogP contribution < -0.4 is 5.32 Å². The smallest absolute Gasteiger partial charge is 0.252 e. The molecule has 0 unspecified atom stereocenters. The van der Waals surface area contributed by atoms with Crippen molar-refractivity contribution in [2.24, 2.45) is 0 Å². The summed E-state index contributed by atoms with van der Waals surface area (Å²) in [6.45, 7) is 5.07. The standard InChI is InChI=1S/C15H19Cl3N2O2/c1-10-8-20(9-11(2)22-10)14(15(16,17)18)19-13(21)12-6-4-3-5-7-12/h3-7,10-11,14H,8-9H2,1-2H3,(H,19,21)/t10-,11+,14-/m1/s1. The molecule has 2 rings (SSSR count). The van der Waals surface area contributed by atoms with Crippen LogP contribution in [0.1, 0.15) is 24.2 Å². The second kappa shape index (κ2) is 7.37. The van der Waals surface area contributed by atoms with Crippen LogP contribution in [0, 0.1) is 0 Å². The number of nitrogens with one attached hydrogen (secondary N) is 1. The van der Waals surface area contributed by atoms with Gasteiger partial charge in [0, 0.05) is 18.7 Å². The van der Waals surface area contributed by atoms with Gasteiger partial charge < -0.3 is 10.1 Å². The number of rotatable bonds is 3. The van der Waals surface area contributed by atoms with Gasteiger partial charge in [0.25, 0.3) is 5.91 Å². The van der Waals surface area contributed by atoms with Crippen molar-refractivity contribution in [3.05, 3.63) is 35.9 Å². The van der Waals surface area contributed by atoms with Crippen molar-refractivity contribution < 1.29 is 9.53 Å². The Balaban J connectivity index is 2.15. The first-order chi connectivity index (χ1) is 10.3. The third-order valence-corrected chi connectivity index (χ3v) is 4.05. The van der Waals surface area contributed by atoms with Crippen molar-refractivity contribution in [1.29, 1.82) is 0 Å². The summed E-state index contributed by atoms with van der Waals surface area (Å²) in [5.41, 5.74) is 0.524. The summed E-state index contributed by atoms with van der Waals surface area (Å²) in [5, 5.41) is 2.82. The number of benzene rings is 1. The quantitative estimate of drug-likeness (QED) is 0.836. The Bertz CT molecular complexity index is 497. The molecule has 0 radical (unpaired) electrons. The van der Waals surface area contributed by atoms with E-state index in [0.29, 0.717) is 18.7 Å². The molecule has 22 heavy (non-hydrogen) atoms. The second-order valence-electron chi connectivity index (χ2n) is 5.49. The average Bonchev–Trinajstić information content (AvgIpc) is 2.43. The van der Waals surface area contributed by atoms with Crippen LogP contribution in [0.5, 0.6) is 0 Å². The maximum atomic E-state index is 12.4. The number of ether oxygens (including phenoxy) is 1. The van der Waals surface area contributed by atoms with E-state index >= 15 is 0 Å². The molecule has 4 nitrogen and oxygen atoms in total. The summed E-state index contributed by atoms with van der Waals surface area (Å²) < 4.78 is 4.05. The van der Waals surface area contributed by atoms with Crippen LogP contribution in [-0.4, -0.2) is 46.1 Å². The van der Waals surface area contributed by atoms with Gasteiger partial charge in [0.2, 0.25) is 3.79 Å². The Morgan fingerprint density at radius 3 is 2.27 bits per heavy atom. The molecule has 1 saturated heterocycles. The number of amides is 1. The van der Waals surface area contributed by atoms with E-state index in [1.54, 1.807) is 24.3 Å². The van der Waals surface area contributed by atoms with Crippen molar-refractivity contribution in [1.82, 2.24) is 10.2 Å². The topological polar surface area (TPSA) is 41.6 Å². The summed E-state index contributed by atoms with van der Waals surface area (Å²) in [6.07, 6.45) is -0.710. The number of hydrogen-bond acceptors (Lipinski definition) is 3. The highest BCUT2D eigenvalue weighted by atomic mass is 35.6. The molecular weight excluding hydrogens is 347 g/mol. The molecule has 1 aliphatic rings. The van der Waals surface area contributed by atoms with E-state index in [1.165, 1.54) is 0 Å². The second-order valence-corrected chi connectivity index (χ2v) is 7.86. The highest BCUT2D eigenvalue weighted by molar-refractivity contribution is 6.68. The number of hydrogen-bond donors (Lipinski definition) is 1. The molecule has 1 amide bonds. The first kappa shape index (κ1) is 17.8. The molecule has 0 aliphatic carbocycles. The lowest BCUT2D eigenvalue weighted by molar-refractivity contribution is -0.0826. The fourth-order valence-corrected chi connectivity index (χ4v) is 3.18. The van der Waals surface area contributed by atoms with Crippen LogP contribution >= 0.6 is 34.8 Å². The number of carbonyl (C=O) groups excluding carboxylic acids is 1. The molecule has 0 aromatic heterocycles. The molecule has 0 spiro atoms. The first-order valence-electron chi connectivity index (χ1n) is 7.09. The van der Waals surface area contributed by atoms with Gasteiger partial charge in [-0.25, -0.2) is 0 Å². The maximum Gasteiger partial charge on any atom is 0.252 e. The van der Waals surface area contributed by atoms with Gasteiger partial charge in [-0.05, 0) is 26.0 Å². The van der Waals surface area contributed by atoms with Gasteiger partial charge >= 0.3 is 0 Å². The fourth-order valence-electron chi connectivity index (χ4n) is 2.61. The van der Waals surface area contributed by atoms with Crippen LogP contribution in [0.4, 0.5) is 0 Å². The fraction of sp³-hybridized carbons (Fsp3) is 0.533. The van der Waals surface area contributed by atoms with E-state index in [9.17, 15) is 4.79 Å². The number of nitrogens with zero attached hydrogens (tertiary/aromatic N) is 1. The third kappa shape index (κ3) is 4.74. The van der Waals surface area contributed by atoms with E-state index in [1.807, 2.05) is 24.8 Å². The molecule has 1 N–H and O–H groups in total. The largest absolute Gasteiger partial charge is 0.373 e. The van der Waals surface area contributed by atoms with Crippen LogP contribution in [0.3, 0.4) is 0 Å². The zero-order chi connectivity index (χ0) is 16.3. The van der Waals surface area contributed by atoms with Crippen LogP contribution in [-0.2, 0) is 4.74 Å². The van der Waals surface area contributed by atoms with Crippen molar-refractivity contribution >= 4 is 40.7 Å². The van der Waals surface area contributed by atoms with Crippen molar-refractivity contribution in [2.45, 2.75) is 36.0 Å². The predicted molar refractivity (Wildman–Crippen MR) is 89.6 cm³/mol. The predicted octanol–water partition coefficient (Wildman–Crippen LogP) is 3.22. The van der Waals surface area contributed by atoms with E-state index < -0.39 is 9.96 Å². The summed E-state index contributed by atoms with van der Waals surface area (Å²) in [7, 11) is 0. The molecule has 1 aromatic rings. The minimum absolute atomic E-state index is 0.00669. The maximum absolute atomic E-state index is 12.4. The van der Waals surface area contributed by atoms with E-state index in [-0.39, 0.29) is 18.1 Å². The number of halogens is 3. The molecule has 1 fully saturated rings. The molecule has 1 aromatic carbocycles. The Kier molecular flexibility index (Phi) is 5.97. The molecule has 1 aliphatic heterocycles. The third-order valence-electron chi connectivity index (χ3n) is 3.43. The SMILES string of the molecule is C[C@@H]1CN([C@@H](NC(=O)c2ccccc2)C(Cl)(Cl)Cl)C[C@H](C)O1. The van der Waals surface area contributed by atoms with E-state index in [4.69, 9.17) is 39.5 Å². The van der Waals surface area contributed by atoms with Crippen molar-refractivity contribution in [3.8, 4) is 0 Å². The lowest BCUT2D eigenvalue weighted by atomic mass is 10.2. The minimum Gasteiger partial charge on any atom is -0.373 e. The average molecular weight is 366 g/mol. The lowest BCUT2D eigenvalue weighted by Gasteiger charge is -2.42. The first-order valence-corrected chi connectivity index (χ1v) is 8.23. The molecule has 1 heterocycles. The highest BCUT2D eigenvalue weighted by Crippen LogP contribution is 2.33. The van der Waals surface area contributed by atoms with E-state index in [0.717, 1.165) is 0 Å². The van der Waals surface area contributed by atoms with Crippen molar-refractivity contribution in [2.75, 3.05) is 13.1 Å². The molecular formula is C15H19Cl3N2O2. The Morgan fingerprint density at radius 2 is 1.77 bits per heavy atom. The minimum atomic E-state index is -1.64. The number of morpholine rings is 1. The van der Waals surface area contributed by atoms with Gasteiger partial charge in [-0.15, -0.1) is 0 Å². The molecule has 0 saturated carbocycles. The zero-order valence-corrected chi connectivity index (χ0v) is 14.7. The van der Waals surface area contributed by atoms with E-state index in [2.05, 4.69) is 5.32 Å². The summed E-state index contributed by atoms with van der Waals surface area (Å²) >= 11 is 18.3. The summed E-state index contributed by atoms with van der Waals surface area (Å²) in [6, 6.07) is 8.86. The molecule has 0 bridgehead atoms. The zero-order valence-electron chi connectivity index (χ0n) is 12.4. The van der Waals surface area contributed by atoms with Crippen LogP contribution in [0.15, 0.2) is 30.3 Å². The van der Waals surface area contributed by atoms with Gasteiger partial charge in [0.05, 0.1) is 12.2 Å². The van der Waals surface area contributed by atoms with Gasteiger partial charge in [-0.3, -0.25) is 9.69 Å². The number of carbonyl (C=O) groups is 1. The Labute approximate surface area is 145 Å². The van der Waals surface area contributed by atoms with Gasteiger partial charge in [-0.1, -0.05) is 53.0 Å². The van der Waals surface area contributed by atoms with Gasteiger partial charge in [0.1, 0.15) is 6.17 Å². The van der Waals surface area contributed by atoms with Crippen LogP contribution in [0.25, 0.3) is 0 Å². The van der Waals surface area contributed by atoms with Gasteiger partial charge in [0.15, 0.2) is 0 Å². The van der Waals surface area contributed by atoms with Crippen molar-refractivity contribution in [3.63, 3.8) is 0 Å². The monoisotopic (exact) mass is 364 g/mol. The summed E-state index contributed by atoms with van der Waals surface area (Å²) in [5.74, 6) is -0.274. The lowest BCUT2D eigenvalue weighted by Crippen LogP contribution is -2.60. The summed E-state index contributed by atoms with van der Waals surface area (Å²) in [4.78, 5) is 14.3. The highest BCUT2D eigenvalue weighted by Gasteiger charge is 2.41.